The highest BCUT2D eigenvalue weighted by Crippen LogP contribution is 2.16. The van der Waals surface area contributed by atoms with Crippen LogP contribution in [0.25, 0.3) is 0 Å². The molecule has 0 aliphatic heterocycles. The van der Waals surface area contributed by atoms with E-state index in [9.17, 15) is 4.79 Å². The topological polar surface area (TPSA) is 17.1 Å². The van der Waals surface area contributed by atoms with Crippen LogP contribution < -0.4 is 0 Å². The molecule has 76 valence electrons. The molecule has 0 saturated carbocycles. The van der Waals surface area contributed by atoms with E-state index in [1.807, 2.05) is 13.0 Å². The van der Waals surface area contributed by atoms with Crippen LogP contribution in [0.2, 0.25) is 0 Å². The van der Waals surface area contributed by atoms with E-state index in [1.54, 1.807) is 0 Å². The van der Waals surface area contributed by atoms with Gasteiger partial charge in [0, 0.05) is 12.3 Å². The summed E-state index contributed by atoms with van der Waals surface area (Å²) in [6.45, 7) is 9.91. The van der Waals surface area contributed by atoms with Crippen molar-refractivity contribution in [2.24, 2.45) is 11.8 Å². The van der Waals surface area contributed by atoms with Crippen molar-refractivity contribution in [2.75, 3.05) is 0 Å². The lowest BCUT2D eigenvalue weighted by Gasteiger charge is -2.14. The molecule has 0 fully saturated rings. The molecule has 0 bridgehead atoms. The van der Waals surface area contributed by atoms with E-state index >= 15 is 0 Å². The molecule has 0 aliphatic carbocycles. The van der Waals surface area contributed by atoms with Crippen LogP contribution in [0.4, 0.5) is 0 Å². The first-order valence-electron chi connectivity index (χ1n) is 5.28. The molecule has 0 aromatic carbocycles. The lowest BCUT2D eigenvalue weighted by atomic mass is 9.89. The van der Waals surface area contributed by atoms with Gasteiger partial charge in [-0.2, -0.15) is 0 Å². The Morgan fingerprint density at radius 2 is 2.00 bits per heavy atom. The van der Waals surface area contributed by atoms with E-state index in [2.05, 4.69) is 20.4 Å². The normalized spacial score (nSPS) is 15.0. The largest absolute Gasteiger partial charge is 0.299 e. The Hall–Kier alpha value is -0.590. The first kappa shape index (κ1) is 12.4. The van der Waals surface area contributed by atoms with Gasteiger partial charge in [-0.3, -0.25) is 4.79 Å². The van der Waals surface area contributed by atoms with E-state index in [0.717, 1.165) is 12.8 Å². The molecular weight excluding hydrogens is 160 g/mol. The third kappa shape index (κ3) is 4.87. The number of rotatable bonds is 7. The molecule has 13 heavy (non-hydrogen) atoms. The number of unbranched alkanes of at least 4 members (excludes halogenated alkanes) is 2. The van der Waals surface area contributed by atoms with Crippen LogP contribution in [0.3, 0.4) is 0 Å². The highest BCUT2D eigenvalue weighted by Gasteiger charge is 2.16. The Bertz CT molecular complexity index is 161. The molecule has 0 amide bonds. The lowest BCUT2D eigenvalue weighted by molar-refractivity contribution is -0.123. The highest BCUT2D eigenvalue weighted by molar-refractivity contribution is 5.81. The molecular formula is C12H22O. The third-order valence-corrected chi connectivity index (χ3v) is 2.70. The number of hydrogen-bond acceptors (Lipinski definition) is 1. The van der Waals surface area contributed by atoms with Crippen molar-refractivity contribution >= 4 is 5.78 Å². The van der Waals surface area contributed by atoms with Gasteiger partial charge >= 0.3 is 0 Å². The van der Waals surface area contributed by atoms with E-state index in [0.29, 0.717) is 11.7 Å². The Balaban J connectivity index is 3.75. The minimum atomic E-state index is 0.148. The van der Waals surface area contributed by atoms with Gasteiger partial charge in [0.25, 0.3) is 0 Å². The van der Waals surface area contributed by atoms with Crippen LogP contribution >= 0.6 is 0 Å². The van der Waals surface area contributed by atoms with Gasteiger partial charge in [0.2, 0.25) is 0 Å². The Kier molecular flexibility index (Phi) is 6.56. The number of Topliss-reactive ketones (excluding diaryl/α,β-unsaturated/α-hetero) is 1. The van der Waals surface area contributed by atoms with Crippen molar-refractivity contribution in [1.82, 2.24) is 0 Å². The molecule has 0 aromatic rings. The van der Waals surface area contributed by atoms with Crippen molar-refractivity contribution in [3.8, 4) is 0 Å². The van der Waals surface area contributed by atoms with Crippen molar-refractivity contribution in [3.63, 3.8) is 0 Å². The maximum Gasteiger partial charge on any atom is 0.136 e. The van der Waals surface area contributed by atoms with Crippen LogP contribution in [0, 0.1) is 11.8 Å². The number of ketones is 1. The first-order chi connectivity index (χ1) is 6.13. The van der Waals surface area contributed by atoms with E-state index in [1.165, 1.54) is 12.8 Å². The zero-order valence-corrected chi connectivity index (χ0v) is 9.18. The van der Waals surface area contributed by atoms with Gasteiger partial charge in [-0.15, -0.1) is 6.58 Å². The SMILES string of the molecule is C=C[C@H](C)[C@@H](C)C(=O)CCCCC. The summed E-state index contributed by atoms with van der Waals surface area (Å²) in [7, 11) is 0. The average molecular weight is 182 g/mol. The minimum absolute atomic E-state index is 0.148. The molecule has 1 heteroatoms. The van der Waals surface area contributed by atoms with Gasteiger partial charge in [-0.1, -0.05) is 39.7 Å². The molecule has 0 N–H and O–H groups in total. The van der Waals surface area contributed by atoms with Crippen LogP contribution in [-0.2, 0) is 4.79 Å². The highest BCUT2D eigenvalue weighted by atomic mass is 16.1. The van der Waals surface area contributed by atoms with Gasteiger partial charge < -0.3 is 0 Å². The van der Waals surface area contributed by atoms with Crippen LogP contribution in [-0.4, -0.2) is 5.78 Å². The second-order valence-electron chi connectivity index (χ2n) is 3.81. The Morgan fingerprint density at radius 3 is 2.46 bits per heavy atom. The summed E-state index contributed by atoms with van der Waals surface area (Å²) in [6.07, 6.45) is 6.00. The minimum Gasteiger partial charge on any atom is -0.299 e. The van der Waals surface area contributed by atoms with E-state index < -0.39 is 0 Å². The van der Waals surface area contributed by atoms with Crippen molar-refractivity contribution in [2.45, 2.75) is 46.5 Å². The molecule has 0 rings (SSSR count). The molecule has 0 heterocycles. The fourth-order valence-corrected chi connectivity index (χ4v) is 1.27. The Labute approximate surface area is 82.2 Å². The summed E-state index contributed by atoms with van der Waals surface area (Å²) >= 11 is 0. The van der Waals surface area contributed by atoms with Crippen LogP contribution in [0.15, 0.2) is 12.7 Å². The van der Waals surface area contributed by atoms with Crippen molar-refractivity contribution < 1.29 is 4.79 Å². The van der Waals surface area contributed by atoms with Crippen LogP contribution in [0.5, 0.6) is 0 Å². The third-order valence-electron chi connectivity index (χ3n) is 2.70. The fourth-order valence-electron chi connectivity index (χ4n) is 1.27. The maximum atomic E-state index is 11.6. The van der Waals surface area contributed by atoms with Gasteiger partial charge in [0.05, 0.1) is 0 Å². The fraction of sp³-hybridized carbons (Fsp3) is 0.750. The molecule has 0 radical (unpaired) electrons. The summed E-state index contributed by atoms with van der Waals surface area (Å²) in [5.41, 5.74) is 0. The lowest BCUT2D eigenvalue weighted by Crippen LogP contribution is -2.17. The molecule has 0 spiro atoms. The zero-order chi connectivity index (χ0) is 10.3. The van der Waals surface area contributed by atoms with Crippen molar-refractivity contribution in [1.29, 1.82) is 0 Å². The van der Waals surface area contributed by atoms with Gasteiger partial charge in [-0.05, 0) is 12.3 Å². The monoisotopic (exact) mass is 182 g/mol. The first-order valence-corrected chi connectivity index (χ1v) is 5.28. The second-order valence-corrected chi connectivity index (χ2v) is 3.81. The number of hydrogen-bond donors (Lipinski definition) is 0. The van der Waals surface area contributed by atoms with Gasteiger partial charge in [-0.25, -0.2) is 0 Å². The summed E-state index contributed by atoms with van der Waals surface area (Å²) in [5, 5.41) is 0. The van der Waals surface area contributed by atoms with Gasteiger partial charge in [0.1, 0.15) is 5.78 Å². The smallest absolute Gasteiger partial charge is 0.136 e. The predicted octanol–water partition coefficient (Wildman–Crippen LogP) is 3.59. The Morgan fingerprint density at radius 1 is 1.38 bits per heavy atom. The average Bonchev–Trinajstić information content (AvgIpc) is 2.15. The second kappa shape index (κ2) is 6.88. The molecule has 0 unspecified atom stereocenters. The molecule has 0 aliphatic rings. The standard InChI is InChI=1S/C12H22O/c1-5-7-8-9-12(13)11(4)10(3)6-2/h6,10-11H,2,5,7-9H2,1,3-4H3/t10-,11+/m0/s1. The molecule has 1 nitrogen and oxygen atoms in total. The summed E-state index contributed by atoms with van der Waals surface area (Å²) < 4.78 is 0. The summed E-state index contributed by atoms with van der Waals surface area (Å²) in [6, 6.07) is 0. The number of allylic oxidation sites excluding steroid dienone is 1. The van der Waals surface area contributed by atoms with Crippen molar-refractivity contribution in [3.05, 3.63) is 12.7 Å². The predicted molar refractivity (Wildman–Crippen MR) is 57.7 cm³/mol. The molecule has 2 atom stereocenters. The van der Waals surface area contributed by atoms with Crippen LogP contribution in [0.1, 0.15) is 46.5 Å². The molecule has 0 saturated heterocycles. The summed E-state index contributed by atoms with van der Waals surface area (Å²) in [4.78, 5) is 11.6. The quantitative estimate of drug-likeness (QED) is 0.434. The van der Waals surface area contributed by atoms with E-state index in [-0.39, 0.29) is 5.92 Å². The summed E-state index contributed by atoms with van der Waals surface area (Å²) in [5.74, 6) is 0.851. The van der Waals surface area contributed by atoms with E-state index in [4.69, 9.17) is 0 Å². The zero-order valence-electron chi connectivity index (χ0n) is 9.18. The van der Waals surface area contributed by atoms with Gasteiger partial charge in [0.15, 0.2) is 0 Å². The molecule has 0 aromatic heterocycles. The number of carbonyl (C=O) groups is 1. The maximum absolute atomic E-state index is 11.6. The number of carbonyl (C=O) groups excluding carboxylic acids is 1.